The average molecular weight is 218 g/mol. The summed E-state index contributed by atoms with van der Waals surface area (Å²) in [5, 5.41) is 0. The summed E-state index contributed by atoms with van der Waals surface area (Å²) in [6, 6.07) is 4.97. The van der Waals surface area contributed by atoms with Gasteiger partial charge in [-0.15, -0.1) is 6.58 Å². The van der Waals surface area contributed by atoms with Gasteiger partial charge in [-0.1, -0.05) is 12.1 Å². The number of carbonyl (C=O) groups is 2. The quantitative estimate of drug-likeness (QED) is 0.443. The van der Waals surface area contributed by atoms with Crippen LogP contribution in [0.2, 0.25) is 0 Å². The first-order valence-corrected chi connectivity index (χ1v) is 4.93. The van der Waals surface area contributed by atoms with E-state index in [0.717, 1.165) is 5.56 Å². The number of rotatable bonds is 4. The van der Waals surface area contributed by atoms with Gasteiger partial charge >= 0.3 is 5.97 Å². The molecule has 0 aromatic heterocycles. The first-order valence-electron chi connectivity index (χ1n) is 4.93. The molecule has 0 aliphatic carbocycles. The van der Waals surface area contributed by atoms with Gasteiger partial charge in [-0.2, -0.15) is 0 Å². The number of benzene rings is 1. The lowest BCUT2D eigenvalue weighted by Gasteiger charge is -2.06. The molecule has 0 radical (unpaired) electrons. The second-order valence-corrected chi connectivity index (χ2v) is 3.41. The Labute approximate surface area is 94.7 Å². The first kappa shape index (κ1) is 12.2. The van der Waals surface area contributed by atoms with E-state index < -0.39 is 5.97 Å². The highest BCUT2D eigenvalue weighted by Gasteiger charge is 2.11. The van der Waals surface area contributed by atoms with Crippen molar-refractivity contribution in [3.63, 3.8) is 0 Å². The van der Waals surface area contributed by atoms with Crippen LogP contribution in [0, 0.1) is 0 Å². The lowest BCUT2D eigenvalue weighted by Crippen LogP contribution is -2.06. The van der Waals surface area contributed by atoms with Gasteiger partial charge < -0.3 is 4.74 Å². The Kier molecular flexibility index (Phi) is 4.00. The molecule has 0 fully saturated rings. The second-order valence-electron chi connectivity index (χ2n) is 3.41. The van der Waals surface area contributed by atoms with Crippen LogP contribution in [0.15, 0.2) is 30.9 Å². The maximum absolute atomic E-state index is 11.4. The molecule has 0 aliphatic rings. The Balaban J connectivity index is 3.22. The summed E-state index contributed by atoms with van der Waals surface area (Å²) in [6.07, 6.45) is 2.33. The summed E-state index contributed by atoms with van der Waals surface area (Å²) < 4.78 is 4.60. The van der Waals surface area contributed by atoms with Crippen LogP contribution in [0.3, 0.4) is 0 Å². The molecular formula is C13H14O3. The van der Waals surface area contributed by atoms with Gasteiger partial charge in [-0.05, 0) is 31.0 Å². The minimum absolute atomic E-state index is 0.0670. The standard InChI is InChI=1S/C13H14O3/c1-4-5-10-6-7-11(13(15)16-3)8-12(10)9(2)14/h4,6-8H,1,5H2,2-3H3. The van der Waals surface area contributed by atoms with Crippen LogP contribution in [-0.2, 0) is 11.2 Å². The lowest BCUT2D eigenvalue weighted by molar-refractivity contribution is 0.0600. The van der Waals surface area contributed by atoms with Gasteiger partial charge in [-0.25, -0.2) is 4.79 Å². The van der Waals surface area contributed by atoms with Gasteiger partial charge in [-0.3, -0.25) is 4.79 Å². The largest absolute Gasteiger partial charge is 0.465 e. The molecule has 3 nitrogen and oxygen atoms in total. The maximum Gasteiger partial charge on any atom is 0.337 e. The molecule has 0 spiro atoms. The number of carbonyl (C=O) groups excluding carboxylic acids is 2. The van der Waals surface area contributed by atoms with E-state index in [0.29, 0.717) is 17.5 Å². The number of hydrogen-bond donors (Lipinski definition) is 0. The number of ketones is 1. The van der Waals surface area contributed by atoms with Crippen molar-refractivity contribution in [2.24, 2.45) is 0 Å². The van der Waals surface area contributed by atoms with E-state index in [1.807, 2.05) is 0 Å². The molecule has 1 aromatic carbocycles. The highest BCUT2D eigenvalue weighted by Crippen LogP contribution is 2.15. The molecule has 0 atom stereocenters. The van der Waals surface area contributed by atoms with Crippen molar-refractivity contribution in [2.45, 2.75) is 13.3 Å². The highest BCUT2D eigenvalue weighted by atomic mass is 16.5. The Morgan fingerprint density at radius 2 is 2.12 bits per heavy atom. The van der Waals surface area contributed by atoms with Crippen molar-refractivity contribution in [1.82, 2.24) is 0 Å². The third-order valence-corrected chi connectivity index (χ3v) is 2.27. The molecule has 0 unspecified atom stereocenters. The molecule has 0 amide bonds. The Morgan fingerprint density at radius 3 is 2.62 bits per heavy atom. The molecule has 0 aliphatic heterocycles. The molecule has 0 saturated heterocycles. The fourth-order valence-electron chi connectivity index (χ4n) is 1.48. The predicted molar refractivity (Wildman–Crippen MR) is 61.7 cm³/mol. The van der Waals surface area contributed by atoms with Crippen molar-refractivity contribution in [2.75, 3.05) is 7.11 Å². The van der Waals surface area contributed by atoms with Crippen LogP contribution < -0.4 is 0 Å². The molecule has 1 aromatic rings. The van der Waals surface area contributed by atoms with E-state index in [1.165, 1.54) is 14.0 Å². The summed E-state index contributed by atoms with van der Waals surface area (Å²) in [4.78, 5) is 22.7. The van der Waals surface area contributed by atoms with Crippen molar-refractivity contribution in [3.8, 4) is 0 Å². The van der Waals surface area contributed by atoms with Crippen molar-refractivity contribution in [1.29, 1.82) is 0 Å². The van der Waals surface area contributed by atoms with Crippen LogP contribution in [0.5, 0.6) is 0 Å². The number of ether oxygens (including phenoxy) is 1. The first-order chi connectivity index (χ1) is 7.60. The summed E-state index contributed by atoms with van der Waals surface area (Å²) in [6.45, 7) is 5.10. The molecule has 0 N–H and O–H groups in total. The van der Waals surface area contributed by atoms with E-state index in [2.05, 4.69) is 11.3 Å². The normalized spacial score (nSPS) is 9.62. The molecule has 0 heterocycles. The summed E-state index contributed by atoms with van der Waals surface area (Å²) in [7, 11) is 1.31. The molecule has 84 valence electrons. The molecule has 0 saturated carbocycles. The van der Waals surface area contributed by atoms with E-state index in [1.54, 1.807) is 24.3 Å². The molecular weight excluding hydrogens is 204 g/mol. The molecule has 0 bridgehead atoms. The summed E-state index contributed by atoms with van der Waals surface area (Å²) in [5.74, 6) is -0.504. The van der Waals surface area contributed by atoms with Crippen molar-refractivity contribution >= 4 is 11.8 Å². The Morgan fingerprint density at radius 1 is 1.44 bits per heavy atom. The number of hydrogen-bond acceptors (Lipinski definition) is 3. The Hall–Kier alpha value is -1.90. The van der Waals surface area contributed by atoms with E-state index in [4.69, 9.17) is 0 Å². The van der Waals surface area contributed by atoms with Gasteiger partial charge in [0.15, 0.2) is 5.78 Å². The fraction of sp³-hybridized carbons (Fsp3) is 0.231. The van der Waals surface area contributed by atoms with Gasteiger partial charge in [0, 0.05) is 5.56 Å². The van der Waals surface area contributed by atoms with Crippen LogP contribution in [0.25, 0.3) is 0 Å². The molecule has 3 heteroatoms. The van der Waals surface area contributed by atoms with Crippen LogP contribution in [0.1, 0.15) is 33.2 Å². The zero-order valence-electron chi connectivity index (χ0n) is 9.45. The SMILES string of the molecule is C=CCc1ccc(C(=O)OC)cc1C(C)=O. The van der Waals surface area contributed by atoms with Gasteiger partial charge in [0.2, 0.25) is 0 Å². The zero-order chi connectivity index (χ0) is 12.1. The molecule has 1 rings (SSSR count). The summed E-state index contributed by atoms with van der Waals surface area (Å²) in [5.41, 5.74) is 1.80. The average Bonchev–Trinajstić information content (AvgIpc) is 2.28. The van der Waals surface area contributed by atoms with Crippen LogP contribution in [-0.4, -0.2) is 18.9 Å². The van der Waals surface area contributed by atoms with E-state index in [-0.39, 0.29) is 5.78 Å². The lowest BCUT2D eigenvalue weighted by atomic mass is 9.99. The monoisotopic (exact) mass is 218 g/mol. The van der Waals surface area contributed by atoms with Gasteiger partial charge in [0.05, 0.1) is 12.7 Å². The summed E-state index contributed by atoms with van der Waals surface area (Å²) >= 11 is 0. The van der Waals surface area contributed by atoms with Crippen LogP contribution >= 0.6 is 0 Å². The maximum atomic E-state index is 11.4. The highest BCUT2D eigenvalue weighted by molar-refractivity contribution is 5.99. The van der Waals surface area contributed by atoms with Gasteiger partial charge in [0.1, 0.15) is 0 Å². The third-order valence-electron chi connectivity index (χ3n) is 2.27. The minimum Gasteiger partial charge on any atom is -0.465 e. The van der Waals surface area contributed by atoms with Crippen molar-refractivity contribution in [3.05, 3.63) is 47.5 Å². The number of Topliss-reactive ketones (excluding diaryl/α,β-unsaturated/α-hetero) is 1. The fourth-order valence-corrected chi connectivity index (χ4v) is 1.48. The number of esters is 1. The van der Waals surface area contributed by atoms with Crippen LogP contribution in [0.4, 0.5) is 0 Å². The van der Waals surface area contributed by atoms with E-state index in [9.17, 15) is 9.59 Å². The number of allylic oxidation sites excluding steroid dienone is 1. The number of methoxy groups -OCH3 is 1. The molecule has 16 heavy (non-hydrogen) atoms. The third kappa shape index (κ3) is 2.57. The van der Waals surface area contributed by atoms with Gasteiger partial charge in [0.25, 0.3) is 0 Å². The second kappa shape index (κ2) is 5.26. The van der Waals surface area contributed by atoms with E-state index >= 15 is 0 Å². The minimum atomic E-state index is -0.437. The van der Waals surface area contributed by atoms with Crippen molar-refractivity contribution < 1.29 is 14.3 Å². The zero-order valence-corrected chi connectivity index (χ0v) is 9.45. The Bertz CT molecular complexity index is 433. The predicted octanol–water partition coefficient (Wildman–Crippen LogP) is 2.40. The smallest absolute Gasteiger partial charge is 0.337 e. The topological polar surface area (TPSA) is 43.4 Å².